The Morgan fingerprint density at radius 3 is 2.50 bits per heavy atom. The average molecular weight is 496 g/mol. The number of fused-ring (bicyclic) bond motifs is 1. The highest BCUT2D eigenvalue weighted by Gasteiger charge is 2.54. The van der Waals surface area contributed by atoms with Crippen LogP contribution in [0.15, 0.2) is 36.4 Å². The zero-order valence-corrected chi connectivity index (χ0v) is 21.0. The van der Waals surface area contributed by atoms with Gasteiger partial charge in [0.25, 0.3) is 5.91 Å². The number of piperidine rings is 1. The molecule has 5 rings (SSSR count). The molecule has 192 valence electrons. The van der Waals surface area contributed by atoms with Gasteiger partial charge in [0.15, 0.2) is 11.5 Å². The lowest BCUT2D eigenvalue weighted by Crippen LogP contribution is -2.55. The highest BCUT2D eigenvalue weighted by molar-refractivity contribution is 6.07. The van der Waals surface area contributed by atoms with Crippen molar-refractivity contribution >= 4 is 11.9 Å². The van der Waals surface area contributed by atoms with Gasteiger partial charge in [-0.05, 0) is 74.2 Å². The molecular formula is C27H33N3O6. The number of amides is 3. The van der Waals surface area contributed by atoms with Gasteiger partial charge in [-0.2, -0.15) is 0 Å². The van der Waals surface area contributed by atoms with E-state index in [1.54, 1.807) is 14.2 Å². The minimum Gasteiger partial charge on any atom is -0.497 e. The van der Waals surface area contributed by atoms with Gasteiger partial charge in [-0.1, -0.05) is 13.0 Å². The monoisotopic (exact) mass is 495 g/mol. The van der Waals surface area contributed by atoms with Crippen molar-refractivity contribution in [1.29, 1.82) is 0 Å². The molecule has 9 nitrogen and oxygen atoms in total. The normalized spacial score (nSPS) is 22.1. The fourth-order valence-electron chi connectivity index (χ4n) is 5.65. The lowest BCUT2D eigenvalue weighted by molar-refractivity contribution is -0.134. The van der Waals surface area contributed by atoms with Crippen molar-refractivity contribution < 1.29 is 28.5 Å². The van der Waals surface area contributed by atoms with Crippen molar-refractivity contribution in [2.24, 2.45) is 5.92 Å². The summed E-state index contributed by atoms with van der Waals surface area (Å²) in [4.78, 5) is 30.4. The number of methoxy groups -OCH3 is 2. The molecular weight excluding hydrogens is 462 g/mol. The third-order valence-electron chi connectivity index (χ3n) is 7.70. The smallest absolute Gasteiger partial charge is 0.325 e. The highest BCUT2D eigenvalue weighted by Crippen LogP contribution is 2.38. The van der Waals surface area contributed by atoms with E-state index < -0.39 is 5.54 Å². The van der Waals surface area contributed by atoms with Crippen molar-refractivity contribution in [1.82, 2.24) is 15.1 Å². The number of nitrogens with zero attached hydrogens (tertiary/aromatic N) is 2. The molecule has 2 fully saturated rings. The number of carbonyl (C=O) groups excluding carboxylic acids is 2. The van der Waals surface area contributed by atoms with E-state index in [1.165, 1.54) is 4.90 Å². The minimum atomic E-state index is -0.868. The molecule has 3 heterocycles. The molecule has 0 saturated carbocycles. The first-order valence-corrected chi connectivity index (χ1v) is 12.4. The molecule has 2 saturated heterocycles. The van der Waals surface area contributed by atoms with Crippen molar-refractivity contribution in [3.63, 3.8) is 0 Å². The lowest BCUT2D eigenvalue weighted by Gasteiger charge is -2.40. The molecule has 3 amide bonds. The summed E-state index contributed by atoms with van der Waals surface area (Å²) in [7, 11) is 3.33. The fraction of sp³-hybridized carbons (Fsp3) is 0.481. The number of urea groups is 1. The second kappa shape index (κ2) is 9.89. The Morgan fingerprint density at radius 1 is 1.00 bits per heavy atom. The Balaban J connectivity index is 1.25. The summed E-state index contributed by atoms with van der Waals surface area (Å²) in [6.45, 7) is 4.77. The van der Waals surface area contributed by atoms with Crippen LogP contribution in [0.5, 0.6) is 23.0 Å². The number of hydrogen-bond donors (Lipinski definition) is 1. The predicted molar refractivity (Wildman–Crippen MR) is 132 cm³/mol. The summed E-state index contributed by atoms with van der Waals surface area (Å²) in [5, 5.41) is 3.08. The van der Waals surface area contributed by atoms with Crippen molar-refractivity contribution in [3.8, 4) is 23.0 Å². The first-order chi connectivity index (χ1) is 17.5. The first kappa shape index (κ1) is 24.2. The van der Waals surface area contributed by atoms with E-state index in [1.807, 2.05) is 43.3 Å². The van der Waals surface area contributed by atoms with E-state index in [-0.39, 0.29) is 31.2 Å². The number of benzene rings is 2. The van der Waals surface area contributed by atoms with Crippen LogP contribution in [-0.4, -0.2) is 61.4 Å². The molecule has 9 heteroatoms. The molecule has 3 aliphatic rings. The average Bonchev–Trinajstić information content (AvgIpc) is 3.47. The van der Waals surface area contributed by atoms with Gasteiger partial charge in [0.05, 0.1) is 20.8 Å². The van der Waals surface area contributed by atoms with Crippen LogP contribution in [0.2, 0.25) is 0 Å². The number of nitrogens with one attached hydrogen (secondary N) is 1. The third-order valence-corrected chi connectivity index (χ3v) is 7.70. The zero-order valence-electron chi connectivity index (χ0n) is 21.0. The topological polar surface area (TPSA) is 89.6 Å². The molecule has 0 radical (unpaired) electrons. The summed E-state index contributed by atoms with van der Waals surface area (Å²) in [6, 6.07) is 11.0. The Kier molecular flexibility index (Phi) is 6.66. The van der Waals surface area contributed by atoms with Crippen LogP contribution in [0.1, 0.15) is 37.3 Å². The fourth-order valence-corrected chi connectivity index (χ4v) is 5.65. The van der Waals surface area contributed by atoms with Gasteiger partial charge in [-0.3, -0.25) is 14.6 Å². The van der Waals surface area contributed by atoms with Crippen LogP contribution in [-0.2, 0) is 17.9 Å². The second-order valence-corrected chi connectivity index (χ2v) is 9.56. The number of ether oxygens (including phenoxy) is 4. The zero-order chi connectivity index (χ0) is 25.3. The van der Waals surface area contributed by atoms with E-state index in [0.29, 0.717) is 17.9 Å². The Bertz CT molecular complexity index is 1150. The number of hydrogen-bond acceptors (Lipinski definition) is 7. The van der Waals surface area contributed by atoms with Crippen LogP contribution in [0, 0.1) is 5.92 Å². The van der Waals surface area contributed by atoms with Gasteiger partial charge in [0, 0.05) is 12.1 Å². The van der Waals surface area contributed by atoms with Crippen LogP contribution in [0.3, 0.4) is 0 Å². The number of rotatable bonds is 8. The molecule has 0 aromatic heterocycles. The molecule has 2 aromatic carbocycles. The van der Waals surface area contributed by atoms with Crippen LogP contribution in [0.25, 0.3) is 0 Å². The molecule has 0 unspecified atom stereocenters. The molecule has 2 aromatic rings. The van der Waals surface area contributed by atoms with Crippen LogP contribution < -0.4 is 24.3 Å². The molecule has 1 atom stereocenters. The number of carbonyl (C=O) groups is 2. The van der Waals surface area contributed by atoms with Gasteiger partial charge in [-0.25, -0.2) is 4.79 Å². The molecule has 0 aliphatic carbocycles. The van der Waals surface area contributed by atoms with Gasteiger partial charge >= 0.3 is 6.03 Å². The summed E-state index contributed by atoms with van der Waals surface area (Å²) >= 11 is 0. The van der Waals surface area contributed by atoms with E-state index in [4.69, 9.17) is 18.9 Å². The molecule has 3 aliphatic heterocycles. The molecule has 1 N–H and O–H groups in total. The quantitative estimate of drug-likeness (QED) is 0.560. The van der Waals surface area contributed by atoms with Crippen molar-refractivity contribution in [2.45, 2.75) is 44.8 Å². The van der Waals surface area contributed by atoms with E-state index in [2.05, 4.69) is 10.2 Å². The standard InChI is InChI=1S/C27H33N3O6/c1-4-27(20-9-11-29(12-10-20)16-19-14-21(33-2)6-8-22(19)34-3)25(31)30(26(32)28-27)15-18-5-7-23-24(13-18)36-17-35-23/h5-8,13-14,20H,4,9-12,15-17H2,1-3H3,(H,28,32)/t27-/m0/s1. The van der Waals surface area contributed by atoms with Crippen LogP contribution in [0.4, 0.5) is 4.79 Å². The van der Waals surface area contributed by atoms with Crippen molar-refractivity contribution in [2.75, 3.05) is 34.1 Å². The minimum absolute atomic E-state index is 0.0733. The van der Waals surface area contributed by atoms with Gasteiger partial charge in [0.1, 0.15) is 17.0 Å². The maximum Gasteiger partial charge on any atom is 0.325 e. The Labute approximate surface area is 211 Å². The number of imide groups is 1. The summed E-state index contributed by atoms with van der Waals surface area (Å²) in [5.41, 5.74) is 1.03. The third kappa shape index (κ3) is 4.32. The number of likely N-dealkylation sites (tertiary alicyclic amines) is 1. The van der Waals surface area contributed by atoms with E-state index in [9.17, 15) is 9.59 Å². The SMILES string of the molecule is CC[C@@]1(C2CCN(Cc3cc(OC)ccc3OC)CC2)NC(=O)N(Cc2ccc3c(c2)OCO3)C1=O. The van der Waals surface area contributed by atoms with Crippen molar-refractivity contribution in [3.05, 3.63) is 47.5 Å². The maximum atomic E-state index is 13.7. The lowest BCUT2D eigenvalue weighted by atomic mass is 9.75. The van der Waals surface area contributed by atoms with Crippen LogP contribution >= 0.6 is 0 Å². The van der Waals surface area contributed by atoms with E-state index >= 15 is 0 Å². The predicted octanol–water partition coefficient (Wildman–Crippen LogP) is 3.55. The van der Waals surface area contributed by atoms with Gasteiger partial charge < -0.3 is 24.3 Å². The second-order valence-electron chi connectivity index (χ2n) is 9.56. The maximum absolute atomic E-state index is 13.7. The molecule has 0 spiro atoms. The molecule has 0 bridgehead atoms. The van der Waals surface area contributed by atoms with Gasteiger partial charge in [0.2, 0.25) is 6.79 Å². The Hall–Kier alpha value is -3.46. The molecule has 36 heavy (non-hydrogen) atoms. The Morgan fingerprint density at radius 2 is 1.78 bits per heavy atom. The van der Waals surface area contributed by atoms with E-state index in [0.717, 1.165) is 55.1 Å². The summed E-state index contributed by atoms with van der Waals surface area (Å²) in [6.07, 6.45) is 2.21. The highest BCUT2D eigenvalue weighted by atomic mass is 16.7. The summed E-state index contributed by atoms with van der Waals surface area (Å²) < 4.78 is 21.7. The summed E-state index contributed by atoms with van der Waals surface area (Å²) in [5.74, 6) is 2.89. The van der Waals surface area contributed by atoms with Gasteiger partial charge in [-0.15, -0.1) is 0 Å². The largest absolute Gasteiger partial charge is 0.497 e. The first-order valence-electron chi connectivity index (χ1n) is 12.4.